The molecule has 2 nitrogen and oxygen atoms in total. The van der Waals surface area contributed by atoms with E-state index in [9.17, 15) is 5.11 Å². The van der Waals surface area contributed by atoms with E-state index in [4.69, 9.17) is 0 Å². The number of rotatable bonds is 4. The molecule has 0 aromatic heterocycles. The average Bonchev–Trinajstić information content (AvgIpc) is 2.42. The van der Waals surface area contributed by atoms with Crippen LogP contribution in [-0.4, -0.2) is 5.11 Å². The van der Waals surface area contributed by atoms with E-state index in [0.717, 1.165) is 12.1 Å². The first-order valence-electron chi connectivity index (χ1n) is 6.44. The van der Waals surface area contributed by atoms with Gasteiger partial charge in [-0.2, -0.15) is 0 Å². The van der Waals surface area contributed by atoms with E-state index in [0.29, 0.717) is 8.95 Å². The van der Waals surface area contributed by atoms with Gasteiger partial charge in [0.15, 0.2) is 0 Å². The molecular formula is C16H17Br2NO. The van der Waals surface area contributed by atoms with Crippen LogP contribution in [0.2, 0.25) is 0 Å². The van der Waals surface area contributed by atoms with Gasteiger partial charge >= 0.3 is 0 Å². The van der Waals surface area contributed by atoms with Crippen LogP contribution in [0, 0.1) is 6.92 Å². The van der Waals surface area contributed by atoms with Crippen molar-refractivity contribution in [2.24, 2.45) is 0 Å². The fourth-order valence-electron chi connectivity index (χ4n) is 1.96. The highest BCUT2D eigenvalue weighted by Crippen LogP contribution is 2.33. The van der Waals surface area contributed by atoms with Gasteiger partial charge in [-0.25, -0.2) is 0 Å². The van der Waals surface area contributed by atoms with Crippen LogP contribution in [0.25, 0.3) is 0 Å². The number of phenols is 1. The maximum Gasteiger partial charge on any atom is 0.143 e. The third kappa shape index (κ3) is 3.84. The Morgan fingerprint density at radius 2 is 1.65 bits per heavy atom. The Bertz CT molecular complexity index is 573. The Morgan fingerprint density at radius 3 is 2.20 bits per heavy atom. The molecule has 4 heteroatoms. The molecule has 2 aromatic rings. The van der Waals surface area contributed by atoms with Crippen molar-refractivity contribution in [3.63, 3.8) is 0 Å². The highest BCUT2D eigenvalue weighted by molar-refractivity contribution is 9.11. The van der Waals surface area contributed by atoms with Crippen LogP contribution >= 0.6 is 31.9 Å². The van der Waals surface area contributed by atoms with E-state index in [1.807, 2.05) is 12.1 Å². The number of hydrogen-bond donors (Lipinski definition) is 2. The number of halogens is 2. The predicted octanol–water partition coefficient (Wildman–Crippen LogP) is 5.08. The molecule has 0 bridgehead atoms. The molecule has 0 saturated heterocycles. The van der Waals surface area contributed by atoms with Gasteiger partial charge in [-0.15, -0.1) is 0 Å². The number of aromatic hydroxyl groups is 1. The maximum absolute atomic E-state index is 9.70. The predicted molar refractivity (Wildman–Crippen MR) is 89.9 cm³/mol. The summed E-state index contributed by atoms with van der Waals surface area (Å²) in [4.78, 5) is 0. The minimum Gasteiger partial charge on any atom is -0.506 e. The number of aryl methyl sites for hydroxylation is 1. The first-order valence-corrected chi connectivity index (χ1v) is 8.03. The van der Waals surface area contributed by atoms with Gasteiger partial charge in [-0.3, -0.25) is 0 Å². The fourth-order valence-corrected chi connectivity index (χ4v) is 3.25. The molecule has 0 saturated carbocycles. The first kappa shape index (κ1) is 15.5. The summed E-state index contributed by atoms with van der Waals surface area (Å²) in [5.41, 5.74) is 3.65. The highest BCUT2D eigenvalue weighted by Gasteiger charge is 2.08. The number of benzene rings is 2. The van der Waals surface area contributed by atoms with Crippen LogP contribution < -0.4 is 5.32 Å². The van der Waals surface area contributed by atoms with Crippen molar-refractivity contribution in [1.82, 2.24) is 5.32 Å². The van der Waals surface area contributed by atoms with Crippen molar-refractivity contribution < 1.29 is 5.11 Å². The highest BCUT2D eigenvalue weighted by atomic mass is 79.9. The molecule has 1 atom stereocenters. The van der Waals surface area contributed by atoms with Gasteiger partial charge < -0.3 is 10.4 Å². The van der Waals surface area contributed by atoms with E-state index in [1.165, 1.54) is 11.1 Å². The molecular weight excluding hydrogens is 382 g/mol. The van der Waals surface area contributed by atoms with Gasteiger partial charge in [0, 0.05) is 12.6 Å². The number of phenolic OH excluding ortho intramolecular Hbond substituents is 1. The summed E-state index contributed by atoms with van der Waals surface area (Å²) in [7, 11) is 0. The lowest BCUT2D eigenvalue weighted by molar-refractivity contribution is 0.467. The van der Waals surface area contributed by atoms with Crippen LogP contribution in [0.15, 0.2) is 45.3 Å². The van der Waals surface area contributed by atoms with Gasteiger partial charge in [0.2, 0.25) is 0 Å². The van der Waals surface area contributed by atoms with E-state index in [1.54, 1.807) is 0 Å². The van der Waals surface area contributed by atoms with E-state index in [-0.39, 0.29) is 11.8 Å². The Labute approximate surface area is 136 Å². The second-order valence-corrected chi connectivity index (χ2v) is 6.63. The second kappa shape index (κ2) is 6.74. The zero-order chi connectivity index (χ0) is 14.7. The van der Waals surface area contributed by atoms with Gasteiger partial charge in [-0.05, 0) is 69.0 Å². The third-order valence-corrected chi connectivity index (χ3v) is 4.48. The third-order valence-electron chi connectivity index (χ3n) is 3.27. The van der Waals surface area contributed by atoms with E-state index >= 15 is 0 Å². The summed E-state index contributed by atoms with van der Waals surface area (Å²) in [6, 6.07) is 12.7. The van der Waals surface area contributed by atoms with Crippen molar-refractivity contribution in [2.45, 2.75) is 26.4 Å². The van der Waals surface area contributed by atoms with Crippen LogP contribution in [0.3, 0.4) is 0 Å². The summed E-state index contributed by atoms with van der Waals surface area (Å²) >= 11 is 6.70. The molecule has 0 unspecified atom stereocenters. The minimum absolute atomic E-state index is 0.236. The normalized spacial score (nSPS) is 12.4. The largest absolute Gasteiger partial charge is 0.506 e. The SMILES string of the molecule is Cc1ccc([C@@H](C)NCc2cc(Br)c(O)c(Br)c2)cc1. The lowest BCUT2D eigenvalue weighted by Gasteiger charge is -2.15. The molecule has 0 aliphatic rings. The average molecular weight is 399 g/mol. The molecule has 0 fully saturated rings. The molecule has 106 valence electrons. The van der Waals surface area contributed by atoms with E-state index in [2.05, 4.69) is 75.3 Å². The van der Waals surface area contributed by atoms with Gasteiger partial charge in [0.05, 0.1) is 8.95 Å². The Hall–Kier alpha value is -0.840. The molecule has 2 N–H and O–H groups in total. The van der Waals surface area contributed by atoms with Crippen molar-refractivity contribution >= 4 is 31.9 Å². The molecule has 2 rings (SSSR count). The second-order valence-electron chi connectivity index (χ2n) is 4.92. The molecule has 0 spiro atoms. The van der Waals surface area contributed by atoms with Crippen LogP contribution in [0.5, 0.6) is 5.75 Å². The topological polar surface area (TPSA) is 32.3 Å². The van der Waals surface area contributed by atoms with E-state index < -0.39 is 0 Å². The molecule has 20 heavy (non-hydrogen) atoms. The number of hydrogen-bond acceptors (Lipinski definition) is 2. The molecule has 0 aliphatic carbocycles. The van der Waals surface area contributed by atoms with Gasteiger partial charge in [-0.1, -0.05) is 29.8 Å². The van der Waals surface area contributed by atoms with Crippen LogP contribution in [-0.2, 0) is 6.54 Å². The molecule has 2 aromatic carbocycles. The lowest BCUT2D eigenvalue weighted by atomic mass is 10.1. The standard InChI is InChI=1S/C16H17Br2NO/c1-10-3-5-13(6-4-10)11(2)19-9-12-7-14(17)16(20)15(18)8-12/h3-8,11,19-20H,9H2,1-2H3/t11-/m1/s1. The molecule has 0 amide bonds. The monoisotopic (exact) mass is 397 g/mol. The lowest BCUT2D eigenvalue weighted by Crippen LogP contribution is -2.18. The smallest absolute Gasteiger partial charge is 0.143 e. The van der Waals surface area contributed by atoms with Crippen LogP contribution in [0.1, 0.15) is 29.7 Å². The molecule has 0 aliphatic heterocycles. The van der Waals surface area contributed by atoms with Crippen molar-refractivity contribution in [1.29, 1.82) is 0 Å². The quantitative estimate of drug-likeness (QED) is 0.752. The summed E-state index contributed by atoms with van der Waals surface area (Å²) in [5.74, 6) is 0.236. The zero-order valence-corrected chi connectivity index (χ0v) is 14.6. The van der Waals surface area contributed by atoms with Crippen LogP contribution in [0.4, 0.5) is 0 Å². The summed E-state index contributed by atoms with van der Waals surface area (Å²) in [6.07, 6.45) is 0. The fraction of sp³-hybridized carbons (Fsp3) is 0.250. The Kier molecular flexibility index (Phi) is 5.24. The molecule has 0 radical (unpaired) electrons. The summed E-state index contributed by atoms with van der Waals surface area (Å²) in [5, 5.41) is 13.2. The Morgan fingerprint density at radius 1 is 1.10 bits per heavy atom. The minimum atomic E-state index is 0.236. The summed E-state index contributed by atoms with van der Waals surface area (Å²) in [6.45, 7) is 4.98. The van der Waals surface area contributed by atoms with Crippen molar-refractivity contribution in [2.75, 3.05) is 0 Å². The first-order chi connectivity index (χ1) is 9.47. The van der Waals surface area contributed by atoms with Crippen molar-refractivity contribution in [3.8, 4) is 5.75 Å². The Balaban J connectivity index is 2.03. The molecule has 0 heterocycles. The summed E-state index contributed by atoms with van der Waals surface area (Å²) < 4.78 is 1.40. The van der Waals surface area contributed by atoms with Gasteiger partial charge in [0.25, 0.3) is 0 Å². The number of nitrogens with one attached hydrogen (secondary N) is 1. The van der Waals surface area contributed by atoms with Crippen molar-refractivity contribution in [3.05, 3.63) is 62.0 Å². The van der Waals surface area contributed by atoms with Gasteiger partial charge in [0.1, 0.15) is 5.75 Å². The zero-order valence-electron chi connectivity index (χ0n) is 11.5. The maximum atomic E-state index is 9.70.